The Morgan fingerprint density at radius 2 is 1.97 bits per heavy atom. The number of primary amides is 1. The minimum atomic E-state index is -0.604. The maximum absolute atomic E-state index is 13.5. The van der Waals surface area contributed by atoms with Gasteiger partial charge in [-0.05, 0) is 55.7 Å². The molecule has 1 aromatic heterocycles. The number of aromatic nitrogens is 1. The quantitative estimate of drug-likeness (QED) is 0.749. The average Bonchev–Trinajstić information content (AvgIpc) is 2.72. The molecule has 0 saturated carbocycles. The van der Waals surface area contributed by atoms with E-state index >= 15 is 0 Å². The number of anilines is 1. The smallest absolute Gasteiger partial charge is 0.252 e. The topological polar surface area (TPSA) is 112 Å². The van der Waals surface area contributed by atoms with Gasteiger partial charge in [-0.2, -0.15) is 0 Å². The van der Waals surface area contributed by atoms with Gasteiger partial charge in [-0.15, -0.1) is 0 Å². The maximum atomic E-state index is 13.5. The Labute approximate surface area is 189 Å². The lowest BCUT2D eigenvalue weighted by atomic mass is 9.68. The molecular formula is C25H32N4O3. The fourth-order valence-corrected chi connectivity index (χ4v) is 5.31. The van der Waals surface area contributed by atoms with Gasteiger partial charge in [-0.1, -0.05) is 30.3 Å². The Bertz CT molecular complexity index is 1020. The molecule has 2 aliphatic rings. The Morgan fingerprint density at radius 1 is 1.22 bits per heavy atom. The maximum Gasteiger partial charge on any atom is 0.252 e. The molecule has 1 atom stereocenters. The van der Waals surface area contributed by atoms with Gasteiger partial charge < -0.3 is 21.1 Å². The van der Waals surface area contributed by atoms with Crippen LogP contribution in [-0.4, -0.2) is 40.5 Å². The molecule has 170 valence electrons. The second kappa shape index (κ2) is 8.54. The van der Waals surface area contributed by atoms with Gasteiger partial charge in [0.05, 0.1) is 11.2 Å². The zero-order chi connectivity index (χ0) is 22.9. The van der Waals surface area contributed by atoms with Gasteiger partial charge in [0.1, 0.15) is 5.82 Å². The van der Waals surface area contributed by atoms with Crippen molar-refractivity contribution in [1.29, 1.82) is 0 Å². The molecule has 7 nitrogen and oxygen atoms in total. The highest BCUT2D eigenvalue weighted by atomic mass is 16.5. The molecule has 4 rings (SSSR count). The van der Waals surface area contributed by atoms with E-state index in [0.717, 1.165) is 30.5 Å². The van der Waals surface area contributed by atoms with E-state index in [9.17, 15) is 9.59 Å². The van der Waals surface area contributed by atoms with Crippen LogP contribution >= 0.6 is 0 Å². The summed E-state index contributed by atoms with van der Waals surface area (Å²) in [7, 11) is 0. The fourth-order valence-electron chi connectivity index (χ4n) is 5.31. The van der Waals surface area contributed by atoms with Gasteiger partial charge in [-0.25, -0.2) is 4.98 Å². The van der Waals surface area contributed by atoms with Crippen LogP contribution in [0.5, 0.6) is 0 Å². The van der Waals surface area contributed by atoms with E-state index < -0.39 is 5.91 Å². The largest absolute Gasteiger partial charge is 0.383 e. The summed E-state index contributed by atoms with van der Waals surface area (Å²) >= 11 is 0. The lowest BCUT2D eigenvalue weighted by Gasteiger charge is -2.45. The van der Waals surface area contributed by atoms with Crippen LogP contribution in [0.4, 0.5) is 5.82 Å². The minimum absolute atomic E-state index is 0.127. The molecule has 1 saturated heterocycles. The summed E-state index contributed by atoms with van der Waals surface area (Å²) in [4.78, 5) is 31.4. The fraction of sp³-hybridized carbons (Fsp3) is 0.480. The molecule has 1 aromatic carbocycles. The Morgan fingerprint density at radius 3 is 2.66 bits per heavy atom. The number of rotatable bonds is 5. The molecular weight excluding hydrogens is 404 g/mol. The number of benzene rings is 1. The van der Waals surface area contributed by atoms with Crippen LogP contribution in [0.15, 0.2) is 36.4 Å². The number of amides is 2. The third-order valence-electron chi connectivity index (χ3n) is 6.69. The predicted molar refractivity (Wildman–Crippen MR) is 123 cm³/mol. The molecule has 0 aliphatic carbocycles. The van der Waals surface area contributed by atoms with Crippen molar-refractivity contribution in [2.45, 2.75) is 58.1 Å². The summed E-state index contributed by atoms with van der Waals surface area (Å²) in [6.07, 6.45) is 3.61. The van der Waals surface area contributed by atoms with Crippen molar-refractivity contribution in [3.8, 4) is 0 Å². The first-order valence-electron chi connectivity index (χ1n) is 11.2. The van der Waals surface area contributed by atoms with Crippen LogP contribution in [0.1, 0.15) is 60.3 Å². The third kappa shape index (κ3) is 4.78. The summed E-state index contributed by atoms with van der Waals surface area (Å²) in [5, 5.41) is 0. The van der Waals surface area contributed by atoms with Crippen molar-refractivity contribution >= 4 is 17.6 Å². The second-order valence-corrected chi connectivity index (χ2v) is 9.83. The van der Waals surface area contributed by atoms with Gasteiger partial charge in [0.15, 0.2) is 0 Å². The average molecular weight is 437 g/mol. The van der Waals surface area contributed by atoms with Gasteiger partial charge in [0.25, 0.3) is 5.91 Å². The van der Waals surface area contributed by atoms with Gasteiger partial charge >= 0.3 is 0 Å². The van der Waals surface area contributed by atoms with E-state index in [-0.39, 0.29) is 28.3 Å². The summed E-state index contributed by atoms with van der Waals surface area (Å²) in [5.74, 6) is -0.323. The van der Waals surface area contributed by atoms with E-state index in [4.69, 9.17) is 16.2 Å². The predicted octanol–water partition coefficient (Wildman–Crippen LogP) is 2.86. The van der Waals surface area contributed by atoms with Crippen molar-refractivity contribution in [3.63, 3.8) is 0 Å². The van der Waals surface area contributed by atoms with Crippen LogP contribution in [0.3, 0.4) is 0 Å². The number of carbonyl (C=O) groups is 2. The molecule has 0 spiro atoms. The van der Waals surface area contributed by atoms with Crippen molar-refractivity contribution in [3.05, 3.63) is 58.8 Å². The van der Waals surface area contributed by atoms with Gasteiger partial charge in [0, 0.05) is 38.2 Å². The van der Waals surface area contributed by atoms with Crippen LogP contribution in [0.25, 0.3) is 0 Å². The van der Waals surface area contributed by atoms with E-state index in [2.05, 4.69) is 31.0 Å². The molecule has 0 bridgehead atoms. The molecule has 4 N–H and O–H groups in total. The molecule has 0 radical (unpaired) electrons. The number of ether oxygens (including phenoxy) is 1. The van der Waals surface area contributed by atoms with Crippen LogP contribution < -0.4 is 11.5 Å². The van der Waals surface area contributed by atoms with E-state index in [0.29, 0.717) is 32.5 Å². The number of carbonyl (C=O) groups excluding carboxylic acids is 2. The molecule has 32 heavy (non-hydrogen) atoms. The first kappa shape index (κ1) is 22.3. The van der Waals surface area contributed by atoms with E-state index in [1.165, 1.54) is 5.56 Å². The minimum Gasteiger partial charge on any atom is -0.383 e. The molecule has 2 aromatic rings. The first-order valence-corrected chi connectivity index (χ1v) is 11.2. The van der Waals surface area contributed by atoms with Crippen LogP contribution in [0.2, 0.25) is 0 Å². The number of fused-ring (bicyclic) bond motifs is 1. The zero-order valence-electron chi connectivity index (χ0n) is 18.9. The molecule has 0 unspecified atom stereocenters. The zero-order valence-corrected chi connectivity index (χ0v) is 18.9. The van der Waals surface area contributed by atoms with Gasteiger partial charge in [-0.3, -0.25) is 9.59 Å². The monoisotopic (exact) mass is 436 g/mol. The highest BCUT2D eigenvalue weighted by Crippen LogP contribution is 2.44. The number of hydrogen-bond acceptors (Lipinski definition) is 5. The van der Waals surface area contributed by atoms with E-state index in [1.807, 2.05) is 23.1 Å². The highest BCUT2D eigenvalue weighted by molar-refractivity contribution is 5.97. The summed E-state index contributed by atoms with van der Waals surface area (Å²) in [5.41, 5.74) is 14.0. The van der Waals surface area contributed by atoms with Crippen molar-refractivity contribution in [2.24, 2.45) is 11.1 Å². The number of nitrogens with zero attached hydrogens (tertiary/aromatic N) is 2. The van der Waals surface area contributed by atoms with Crippen molar-refractivity contribution in [1.82, 2.24) is 9.88 Å². The Kier molecular flexibility index (Phi) is 5.95. The SMILES string of the molecule is CC1(C)C[C@@](CC(=O)N2CCc3nc(N)c(C(N)=O)cc3C2)(Cc2ccccc2)CCO1. The molecule has 1 fully saturated rings. The Hall–Kier alpha value is -2.93. The van der Waals surface area contributed by atoms with Crippen molar-refractivity contribution < 1.29 is 14.3 Å². The van der Waals surface area contributed by atoms with Crippen molar-refractivity contribution in [2.75, 3.05) is 18.9 Å². The lowest BCUT2D eigenvalue weighted by Crippen LogP contribution is -2.46. The lowest BCUT2D eigenvalue weighted by molar-refractivity contribution is -0.142. The first-order chi connectivity index (χ1) is 15.2. The number of pyridine rings is 1. The second-order valence-electron chi connectivity index (χ2n) is 9.83. The number of nitrogen functional groups attached to an aromatic ring is 1. The number of hydrogen-bond donors (Lipinski definition) is 2. The van der Waals surface area contributed by atoms with Gasteiger partial charge in [0.2, 0.25) is 5.91 Å². The van der Waals surface area contributed by atoms with E-state index in [1.54, 1.807) is 6.07 Å². The summed E-state index contributed by atoms with van der Waals surface area (Å²) < 4.78 is 5.99. The van der Waals surface area contributed by atoms with Crippen LogP contribution in [-0.2, 0) is 28.9 Å². The summed E-state index contributed by atoms with van der Waals surface area (Å²) in [6.45, 7) is 5.88. The molecule has 2 amide bonds. The highest BCUT2D eigenvalue weighted by Gasteiger charge is 2.43. The summed E-state index contributed by atoms with van der Waals surface area (Å²) in [6, 6.07) is 12.1. The third-order valence-corrected chi connectivity index (χ3v) is 6.69. The molecule has 7 heteroatoms. The molecule has 3 heterocycles. The molecule has 2 aliphatic heterocycles. The van der Waals surface area contributed by atoms with Crippen LogP contribution in [0, 0.1) is 5.41 Å². The standard InChI is InChI=1S/C25H32N4O3/c1-24(2)16-25(9-11-32-24,13-17-6-4-3-5-7-17)14-21(30)29-10-8-20-18(15-29)12-19(23(27)31)22(26)28-20/h3-7,12H,8-11,13-16H2,1-2H3,(H2,26,28)(H2,27,31)/t25-/m1/s1. The number of nitrogens with two attached hydrogens (primary N) is 2. The normalized spacial score (nSPS) is 22.2. The Balaban J connectivity index is 1.55.